The number of amides is 1. The van der Waals surface area contributed by atoms with E-state index < -0.39 is 15.4 Å². The molecule has 0 heterocycles. The van der Waals surface area contributed by atoms with Crippen LogP contribution in [0.25, 0.3) is 0 Å². The summed E-state index contributed by atoms with van der Waals surface area (Å²) in [6, 6.07) is 0. The summed E-state index contributed by atoms with van der Waals surface area (Å²) in [7, 11) is 3.46. The molecule has 0 radical (unpaired) electrons. The number of ketones is 1. The number of hydroxylamine groups is 3. The van der Waals surface area contributed by atoms with E-state index in [0.29, 0.717) is 38.6 Å². The molecule has 3 N–H and O–H groups in total. The maximum absolute atomic E-state index is 12.0. The topological polar surface area (TPSA) is 124 Å². The lowest BCUT2D eigenvalue weighted by Crippen LogP contribution is -2.36. The lowest BCUT2D eigenvalue weighted by molar-refractivity contribution is -1.07. The molecule has 0 rings (SSSR count). The maximum atomic E-state index is 12.0. The highest BCUT2D eigenvalue weighted by Crippen LogP contribution is 2.19. The highest BCUT2D eigenvalue weighted by molar-refractivity contribution is 7.86. The third-order valence-corrected chi connectivity index (χ3v) is 8.41. The predicted molar refractivity (Wildman–Crippen MR) is 158 cm³/mol. The molecule has 0 aromatic rings. The van der Waals surface area contributed by atoms with E-state index in [0.717, 1.165) is 103 Å². The first-order valence-corrected chi connectivity index (χ1v) is 16.8. The molecule has 39 heavy (non-hydrogen) atoms. The van der Waals surface area contributed by atoms with Gasteiger partial charge in [-0.3, -0.25) is 14.1 Å². The minimum absolute atomic E-state index is 0.0624. The molecular formula is C29H60N3O6S+. The predicted octanol–water partition coefficient (Wildman–Crippen LogP) is 5.37. The zero-order valence-electron chi connectivity index (χ0n) is 25.5. The summed E-state index contributed by atoms with van der Waals surface area (Å²) in [4.78, 5) is 25.9. The van der Waals surface area contributed by atoms with Crippen molar-refractivity contribution in [3.63, 3.8) is 0 Å². The van der Waals surface area contributed by atoms with Crippen LogP contribution < -0.4 is 5.32 Å². The van der Waals surface area contributed by atoms with Gasteiger partial charge >= 0.3 is 0 Å². The number of nitrogens with zero attached hydrogens (tertiary/aromatic N) is 2. The van der Waals surface area contributed by atoms with Crippen LogP contribution in [-0.2, 0) is 19.7 Å². The van der Waals surface area contributed by atoms with Crippen LogP contribution in [-0.4, -0.2) is 92.5 Å². The molecule has 9 nitrogen and oxygen atoms in total. The Hall–Kier alpha value is -1.07. The van der Waals surface area contributed by atoms with Crippen molar-refractivity contribution in [1.82, 2.24) is 10.2 Å². The smallest absolute Gasteiger partial charge is 0.267 e. The Kier molecular flexibility index (Phi) is 22.0. The number of Topliss-reactive ketones (excluding diaryl/α,β-unsaturated/α-hetero) is 1. The van der Waals surface area contributed by atoms with E-state index >= 15 is 0 Å². The Balaban J connectivity index is 3.77. The zero-order chi connectivity index (χ0) is 29.6. The summed E-state index contributed by atoms with van der Waals surface area (Å²) in [5.74, 6) is 0.397. The minimum atomic E-state index is -4.03. The average molecular weight is 579 g/mol. The zero-order valence-corrected chi connectivity index (χ0v) is 26.3. The van der Waals surface area contributed by atoms with Crippen molar-refractivity contribution in [3.05, 3.63) is 0 Å². The quantitative estimate of drug-likeness (QED) is 0.0518. The van der Waals surface area contributed by atoms with Crippen molar-refractivity contribution in [1.29, 1.82) is 0 Å². The molecule has 232 valence electrons. The number of carbonyl (C=O) groups excluding carboxylic acids is 2. The molecule has 10 heteroatoms. The Morgan fingerprint density at radius 2 is 1.21 bits per heavy atom. The summed E-state index contributed by atoms with van der Waals surface area (Å²) >= 11 is 0. The van der Waals surface area contributed by atoms with Gasteiger partial charge in [-0.1, -0.05) is 57.8 Å². The van der Waals surface area contributed by atoms with Crippen LogP contribution in [0.15, 0.2) is 0 Å². The van der Waals surface area contributed by atoms with E-state index in [9.17, 15) is 27.8 Å². The number of quaternary nitrogens is 1. The number of unbranched alkanes of at least 4 members (excludes halogenated alkanes) is 10. The van der Waals surface area contributed by atoms with Gasteiger partial charge in [-0.05, 0) is 65.6 Å². The first-order valence-electron chi connectivity index (χ1n) is 15.3. The van der Waals surface area contributed by atoms with Gasteiger partial charge in [0.1, 0.15) is 12.3 Å². The third kappa shape index (κ3) is 26.9. The number of nitrogens with one attached hydrogen (secondary N) is 1. The van der Waals surface area contributed by atoms with Crippen LogP contribution in [0.3, 0.4) is 0 Å². The fraction of sp³-hybridized carbons (Fsp3) is 0.931. The van der Waals surface area contributed by atoms with E-state index in [2.05, 4.69) is 10.2 Å². The van der Waals surface area contributed by atoms with Crippen molar-refractivity contribution >= 4 is 21.8 Å². The first kappa shape index (κ1) is 37.9. The number of hydrogen-bond donors (Lipinski definition) is 3. The molecule has 0 fully saturated rings. The normalized spacial score (nSPS) is 13.1. The SMILES string of the molecule is CN(C)CCCNC(=O)CCCCCCCCC(CCCCCCCC(=O)CCCC[N+](C)(C)O)S(=O)(=O)O. The van der Waals surface area contributed by atoms with E-state index in [1.54, 1.807) is 14.1 Å². The largest absolute Gasteiger partial charge is 0.356 e. The van der Waals surface area contributed by atoms with Gasteiger partial charge in [-0.15, -0.1) is 0 Å². The second-order valence-corrected chi connectivity index (χ2v) is 13.6. The molecule has 0 bridgehead atoms. The van der Waals surface area contributed by atoms with Gasteiger partial charge in [0, 0.05) is 25.8 Å². The van der Waals surface area contributed by atoms with Gasteiger partial charge < -0.3 is 10.2 Å². The van der Waals surface area contributed by atoms with E-state index in [4.69, 9.17) is 0 Å². The standard InChI is InChI=1S/C29H59N3O6S/c1-31(2)25-18-24-30-29(34)23-15-11-6-5-9-13-21-28(39(36,37)38)22-14-10-7-8-12-19-27(33)20-16-17-26-32(3,4)35/h28,35H,5-26H2,1-4H3,(H-,30,34,36,37,38)/p+1. The first-order chi connectivity index (χ1) is 18.3. The third-order valence-electron chi connectivity index (χ3n) is 7.10. The fourth-order valence-electron chi connectivity index (χ4n) is 4.69. The van der Waals surface area contributed by atoms with Crippen molar-refractivity contribution in [2.75, 3.05) is 47.8 Å². The fourth-order valence-corrected chi connectivity index (χ4v) is 5.62. The van der Waals surface area contributed by atoms with E-state index in [1.165, 1.54) is 0 Å². The van der Waals surface area contributed by atoms with Crippen molar-refractivity contribution < 1.29 is 32.4 Å². The summed E-state index contributed by atoms with van der Waals surface area (Å²) in [6.07, 6.45) is 15.4. The van der Waals surface area contributed by atoms with Crippen molar-refractivity contribution in [2.45, 2.75) is 127 Å². The van der Waals surface area contributed by atoms with Crippen LogP contribution >= 0.6 is 0 Å². The van der Waals surface area contributed by atoms with Gasteiger partial charge in [0.2, 0.25) is 5.91 Å². The second-order valence-electron chi connectivity index (χ2n) is 12.0. The Labute approximate surface area is 239 Å². The van der Waals surface area contributed by atoms with Gasteiger partial charge in [0.15, 0.2) is 0 Å². The number of rotatable bonds is 27. The Morgan fingerprint density at radius 3 is 1.69 bits per heavy atom. The van der Waals surface area contributed by atoms with Gasteiger partial charge in [0.25, 0.3) is 10.1 Å². The molecule has 0 aliphatic rings. The molecule has 0 aromatic heterocycles. The number of carbonyl (C=O) groups is 2. The molecule has 0 saturated heterocycles. The second kappa shape index (κ2) is 22.6. The van der Waals surface area contributed by atoms with Gasteiger partial charge in [0.05, 0.1) is 19.3 Å². The molecule has 0 aliphatic heterocycles. The van der Waals surface area contributed by atoms with E-state index in [1.807, 2.05) is 14.1 Å². The molecule has 0 spiro atoms. The summed E-state index contributed by atoms with van der Waals surface area (Å²) in [6.45, 7) is 2.34. The van der Waals surface area contributed by atoms with E-state index in [-0.39, 0.29) is 16.3 Å². The maximum Gasteiger partial charge on any atom is 0.267 e. The monoisotopic (exact) mass is 578 g/mol. The summed E-state index contributed by atoms with van der Waals surface area (Å²) < 4.78 is 33.1. The average Bonchev–Trinajstić information content (AvgIpc) is 2.82. The Morgan fingerprint density at radius 1 is 0.744 bits per heavy atom. The Bertz CT molecular complexity index is 738. The van der Waals surface area contributed by atoms with Crippen LogP contribution in [0.2, 0.25) is 0 Å². The number of hydrogen-bond acceptors (Lipinski definition) is 6. The highest BCUT2D eigenvalue weighted by Gasteiger charge is 2.21. The lowest BCUT2D eigenvalue weighted by Gasteiger charge is -2.18. The van der Waals surface area contributed by atoms with Crippen LogP contribution in [0.5, 0.6) is 0 Å². The van der Waals surface area contributed by atoms with Crippen LogP contribution in [0.4, 0.5) is 0 Å². The van der Waals surface area contributed by atoms with Crippen LogP contribution in [0, 0.1) is 0 Å². The summed E-state index contributed by atoms with van der Waals surface area (Å²) in [5.41, 5.74) is 0. The van der Waals surface area contributed by atoms with Crippen molar-refractivity contribution in [3.8, 4) is 0 Å². The molecule has 0 aromatic carbocycles. The lowest BCUT2D eigenvalue weighted by atomic mass is 10.0. The summed E-state index contributed by atoms with van der Waals surface area (Å²) in [5, 5.41) is 11.9. The van der Waals surface area contributed by atoms with Crippen LogP contribution in [0.1, 0.15) is 122 Å². The molecular weight excluding hydrogens is 518 g/mol. The van der Waals surface area contributed by atoms with Crippen molar-refractivity contribution in [2.24, 2.45) is 0 Å². The minimum Gasteiger partial charge on any atom is -0.356 e. The highest BCUT2D eigenvalue weighted by atomic mass is 32.2. The molecule has 0 saturated carbocycles. The van der Waals surface area contributed by atoms with Gasteiger partial charge in [-0.25, -0.2) is 5.21 Å². The molecule has 0 aliphatic carbocycles. The molecule has 1 atom stereocenters. The molecule has 1 unspecified atom stereocenters. The molecule has 1 amide bonds. The van der Waals surface area contributed by atoms with Gasteiger partial charge in [-0.2, -0.15) is 13.1 Å².